The Labute approximate surface area is 554 Å². The van der Waals surface area contributed by atoms with Gasteiger partial charge in [0, 0.05) is 115 Å². The molecule has 0 spiro atoms. The van der Waals surface area contributed by atoms with E-state index in [-0.39, 0.29) is 22.8 Å². The second kappa shape index (κ2) is 29.2. The predicted octanol–water partition coefficient (Wildman–Crippen LogP) is 12.9. The lowest BCUT2D eigenvalue weighted by molar-refractivity contribution is -0.129. The molecule has 1 aliphatic carbocycles. The third-order valence-corrected chi connectivity index (χ3v) is 25.9. The third-order valence-electron chi connectivity index (χ3n) is 19.0. The molecule has 92 heavy (non-hydrogen) atoms. The van der Waals surface area contributed by atoms with Crippen LogP contribution in [-0.2, 0) is 34.9 Å². The topological polar surface area (TPSA) is 250 Å². The molecule has 4 saturated heterocycles. The van der Waals surface area contributed by atoms with Crippen LogP contribution in [0.15, 0.2) is 109 Å². The predicted molar refractivity (Wildman–Crippen MR) is 367 cm³/mol. The normalized spacial score (nSPS) is 18.3. The van der Waals surface area contributed by atoms with Crippen molar-refractivity contribution in [2.24, 2.45) is 0 Å². The van der Waals surface area contributed by atoms with Crippen LogP contribution < -0.4 is 4.90 Å². The van der Waals surface area contributed by atoms with E-state index in [0.29, 0.717) is 83.4 Å². The van der Waals surface area contributed by atoms with Gasteiger partial charge in [0.25, 0.3) is 0 Å². The minimum absolute atomic E-state index is 0.179. The van der Waals surface area contributed by atoms with E-state index in [9.17, 15) is 30.0 Å². The van der Waals surface area contributed by atoms with E-state index in [1.165, 1.54) is 47.9 Å². The van der Waals surface area contributed by atoms with Gasteiger partial charge in [0.1, 0.15) is 0 Å². The molecule has 14 rings (SSSR count). The first-order valence-electron chi connectivity index (χ1n) is 32.1. The van der Waals surface area contributed by atoms with Crippen molar-refractivity contribution in [1.82, 2.24) is 58.6 Å². The molecule has 4 N–H and O–H groups in total. The molecule has 5 aromatic carbocycles. The molecule has 26 heteroatoms. The number of carbonyl (C=O) groups is 1. The number of sulfonamides is 3. The highest BCUT2D eigenvalue weighted by atomic mass is 35.5. The Morgan fingerprint density at radius 3 is 1.35 bits per heavy atom. The van der Waals surface area contributed by atoms with Crippen LogP contribution in [0, 0.1) is 0 Å². The highest BCUT2D eigenvalue weighted by Crippen LogP contribution is 2.41. The van der Waals surface area contributed by atoms with Crippen molar-refractivity contribution in [3.8, 4) is 0 Å². The fraction of sp³-hybridized carbons (Fsp3) is 0.470. The van der Waals surface area contributed by atoms with Crippen LogP contribution in [0.25, 0.3) is 43.6 Å². The highest BCUT2D eigenvalue weighted by Gasteiger charge is 2.34. The number of nitrogens with one attached hydrogen (secondary N) is 4. The third kappa shape index (κ3) is 15.2. The summed E-state index contributed by atoms with van der Waals surface area (Å²) in [6.07, 6.45) is 18.1. The van der Waals surface area contributed by atoms with Crippen molar-refractivity contribution in [3.05, 3.63) is 141 Å². The van der Waals surface area contributed by atoms with Gasteiger partial charge >= 0.3 is 0 Å². The molecule has 9 aromatic rings. The van der Waals surface area contributed by atoms with E-state index in [4.69, 9.17) is 34.8 Å². The number of rotatable bonds is 12. The maximum Gasteiger partial charge on any atom is 0.243 e. The largest absolute Gasteiger partial charge is 0.367 e. The van der Waals surface area contributed by atoms with E-state index in [1.54, 1.807) is 58.0 Å². The first-order valence-corrected chi connectivity index (χ1v) is 37.7. The molecule has 1 saturated carbocycles. The minimum Gasteiger partial charge on any atom is -0.367 e. The second-order valence-electron chi connectivity index (χ2n) is 25.1. The Morgan fingerprint density at radius 2 is 0.924 bits per heavy atom. The monoisotopic (exact) mass is 1370 g/mol. The van der Waals surface area contributed by atoms with Gasteiger partial charge in [0.05, 0.1) is 62.8 Å². The summed E-state index contributed by atoms with van der Waals surface area (Å²) in [5.74, 6) is 2.03. The van der Waals surface area contributed by atoms with Crippen LogP contribution in [0.2, 0.25) is 15.1 Å². The number of aromatic amines is 4. The summed E-state index contributed by atoms with van der Waals surface area (Å²) < 4.78 is 79.1. The van der Waals surface area contributed by atoms with E-state index in [1.807, 2.05) is 79.1 Å². The lowest BCUT2D eigenvalue weighted by Gasteiger charge is -2.36. The zero-order valence-electron chi connectivity index (χ0n) is 52.5. The van der Waals surface area contributed by atoms with Crippen LogP contribution in [0.4, 0.5) is 5.69 Å². The van der Waals surface area contributed by atoms with Gasteiger partial charge in [0.15, 0.2) is 0 Å². The number of aromatic nitrogens is 8. The summed E-state index contributed by atoms with van der Waals surface area (Å²) in [6, 6.07) is 24.8. The number of amides is 1. The SMILES string of the molecule is CC(=O)N1CCN(c2cc(C3CCCC3)cc3[nH]ncc23)CC1.CC(C)S(=O)(=O)N1CCC(c2cc(Cl)cc3[nH]ncc23)CC1.CCCS(=O)(=O)N1CCC(c2cc(Cl)cc3[nH]ncc23)CC1.O=S(=O)(c1ccccc1)N1CCC(c2cc(Cl)cc3[nH]ncc23)CC1. The van der Waals surface area contributed by atoms with Gasteiger partial charge in [-0.1, -0.05) is 72.8 Å². The van der Waals surface area contributed by atoms with Gasteiger partial charge in [-0.25, -0.2) is 33.9 Å². The number of H-pyrrole nitrogens is 4. The number of carbonyl (C=O) groups excluding carboxylic acids is 1. The lowest BCUT2D eigenvalue weighted by atomic mass is 9.88. The number of fused-ring (bicyclic) bond motifs is 4. The van der Waals surface area contributed by atoms with Gasteiger partial charge in [-0.15, -0.1) is 0 Å². The van der Waals surface area contributed by atoms with Crippen LogP contribution >= 0.6 is 34.8 Å². The van der Waals surface area contributed by atoms with Crippen molar-refractivity contribution < 1.29 is 30.0 Å². The number of piperazine rings is 1. The van der Waals surface area contributed by atoms with Gasteiger partial charge in [-0.2, -0.15) is 24.7 Å². The Balaban J connectivity index is 0.000000126. The smallest absolute Gasteiger partial charge is 0.243 e. The Bertz CT molecular complexity index is 4350. The molecular weight excluding hydrogens is 1290 g/mol. The molecule has 20 nitrogen and oxygen atoms in total. The summed E-state index contributed by atoms with van der Waals surface area (Å²) in [7, 11) is -9.67. The Kier molecular flexibility index (Phi) is 21.4. The van der Waals surface area contributed by atoms with Crippen molar-refractivity contribution in [3.63, 3.8) is 0 Å². The van der Waals surface area contributed by atoms with Gasteiger partial charge in [-0.3, -0.25) is 25.2 Å². The number of halogens is 3. The highest BCUT2D eigenvalue weighted by molar-refractivity contribution is 7.90. The van der Waals surface area contributed by atoms with Crippen LogP contribution in [-0.4, -0.2) is 166 Å². The molecule has 0 bridgehead atoms. The first-order chi connectivity index (χ1) is 44.2. The average molecular weight is 1370 g/mol. The van der Waals surface area contributed by atoms with Crippen LogP contribution in [0.3, 0.4) is 0 Å². The number of piperidine rings is 3. The van der Waals surface area contributed by atoms with Crippen molar-refractivity contribution >= 4 is 120 Å². The molecule has 1 amide bonds. The van der Waals surface area contributed by atoms with Gasteiger partial charge in [-0.05, 0) is 178 Å². The van der Waals surface area contributed by atoms with E-state index >= 15 is 0 Å². The number of hydrogen-bond acceptors (Lipinski definition) is 12. The summed E-state index contributed by atoms with van der Waals surface area (Å²) in [5.41, 5.74) is 10.1. The van der Waals surface area contributed by atoms with Crippen LogP contribution in [0.5, 0.6) is 0 Å². The molecular formula is C66H82Cl3N13O7S3. The van der Waals surface area contributed by atoms with Crippen LogP contribution in [0.1, 0.15) is 144 Å². The van der Waals surface area contributed by atoms with E-state index in [2.05, 4.69) is 57.8 Å². The van der Waals surface area contributed by atoms with Crippen molar-refractivity contribution in [2.45, 2.75) is 132 Å². The minimum atomic E-state index is -3.42. The number of hydrogen-bond donors (Lipinski definition) is 4. The molecule has 4 aliphatic heterocycles. The molecule has 0 radical (unpaired) electrons. The summed E-state index contributed by atoms with van der Waals surface area (Å²) in [6.45, 7) is 13.7. The second-order valence-corrected chi connectivity index (χ2v) is 32.9. The number of anilines is 1. The van der Waals surface area contributed by atoms with E-state index in [0.717, 1.165) is 114 Å². The molecule has 0 atom stereocenters. The first kappa shape index (κ1) is 67.3. The molecule has 492 valence electrons. The maximum atomic E-state index is 12.7. The maximum absolute atomic E-state index is 12.7. The molecule has 5 aliphatic rings. The lowest BCUT2D eigenvalue weighted by Crippen LogP contribution is -2.48. The molecule has 4 aromatic heterocycles. The quantitative estimate of drug-likeness (QED) is 0.0891. The standard InChI is InChI=1S/C18H18ClN3O2S.C18H24N4O.2C15H20ClN3O2S/c19-14-10-16(17-12-20-21-18(17)11-14)13-6-8-22(9-7-13)25(23,24)15-4-2-1-3-5-15;1-13(23)21-6-8-22(9-7-21)18-11-15(14-4-2-3-5-14)10-17-16(18)12-19-20-17;1-10(2)22(20,21)19-5-3-11(4-6-19)13-7-12(16)8-15-14(13)9-17-18-15;1-2-7-22(20,21)19-5-3-11(4-6-19)13-8-12(16)9-15-14(13)10-17-18-15/h1-5,10-13H,6-9H2,(H,20,21);10-12,14H,2-9H2,1H3,(H,19,20);7-11H,3-6H2,1-2H3,(H,17,18);8-11H,2-7H2,1H3,(H,17,18). The van der Waals surface area contributed by atoms with Gasteiger partial charge in [0.2, 0.25) is 36.0 Å². The molecule has 0 unspecified atom stereocenters. The summed E-state index contributed by atoms with van der Waals surface area (Å²) in [5, 5.41) is 34.6. The number of benzene rings is 5. The fourth-order valence-electron chi connectivity index (χ4n) is 13.9. The zero-order chi connectivity index (χ0) is 64.9. The van der Waals surface area contributed by atoms with Gasteiger partial charge < -0.3 is 9.80 Å². The Hall–Kier alpha value is -6.15. The summed E-state index contributed by atoms with van der Waals surface area (Å²) in [4.78, 5) is 16.2. The Morgan fingerprint density at radius 1 is 0.511 bits per heavy atom. The molecule has 8 heterocycles. The molecule has 5 fully saturated rings. The van der Waals surface area contributed by atoms with E-state index < -0.39 is 30.1 Å². The van der Waals surface area contributed by atoms with Crippen molar-refractivity contribution in [1.29, 1.82) is 0 Å². The fourth-order valence-corrected chi connectivity index (χ4v) is 18.9. The van der Waals surface area contributed by atoms with Crippen molar-refractivity contribution in [2.75, 3.05) is 76.1 Å². The average Bonchev–Trinajstić information content (AvgIpc) is 1.41. The zero-order valence-corrected chi connectivity index (χ0v) is 57.2. The summed E-state index contributed by atoms with van der Waals surface area (Å²) >= 11 is 18.6. The number of nitrogens with zero attached hydrogens (tertiary/aromatic N) is 9.